The Hall–Kier alpha value is -0.920. The summed E-state index contributed by atoms with van der Waals surface area (Å²) in [5, 5.41) is 15.3. The standard InChI is InChI=1S/C12H21N3O3S/c1-15(8-10-5-3-2-4-6-10)19(17,18)12-11(9-16)7-13-14-12/h7,10,16H,2-6,8-9H2,1H3,(H,13,14). The van der Waals surface area contributed by atoms with Gasteiger partial charge in [0.15, 0.2) is 5.03 Å². The molecule has 1 fully saturated rings. The van der Waals surface area contributed by atoms with Crippen molar-refractivity contribution in [2.45, 2.75) is 43.7 Å². The van der Waals surface area contributed by atoms with Crippen molar-refractivity contribution in [3.8, 4) is 0 Å². The summed E-state index contributed by atoms with van der Waals surface area (Å²) in [6.07, 6.45) is 7.16. The first-order valence-corrected chi connectivity index (χ1v) is 8.09. The van der Waals surface area contributed by atoms with Gasteiger partial charge in [0, 0.05) is 19.2 Å². The van der Waals surface area contributed by atoms with E-state index >= 15 is 0 Å². The van der Waals surface area contributed by atoms with Crippen molar-refractivity contribution in [3.63, 3.8) is 0 Å². The number of aliphatic hydroxyl groups excluding tert-OH is 1. The SMILES string of the molecule is CN(CC1CCCCC1)S(=O)(=O)c1[nH]ncc1CO. The Morgan fingerprint density at radius 2 is 2.11 bits per heavy atom. The van der Waals surface area contributed by atoms with Crippen molar-refractivity contribution >= 4 is 10.0 Å². The Bertz CT molecular complexity index is 506. The molecule has 1 heterocycles. The van der Waals surface area contributed by atoms with E-state index in [0.29, 0.717) is 18.0 Å². The largest absolute Gasteiger partial charge is 0.392 e. The van der Waals surface area contributed by atoms with Crippen molar-refractivity contribution in [3.05, 3.63) is 11.8 Å². The van der Waals surface area contributed by atoms with Gasteiger partial charge in [0.25, 0.3) is 10.0 Å². The Balaban J connectivity index is 2.10. The van der Waals surface area contributed by atoms with Crippen LogP contribution in [-0.4, -0.2) is 41.6 Å². The third kappa shape index (κ3) is 3.16. The van der Waals surface area contributed by atoms with Crippen molar-refractivity contribution in [1.82, 2.24) is 14.5 Å². The van der Waals surface area contributed by atoms with Crippen LogP contribution in [0.1, 0.15) is 37.7 Å². The van der Waals surface area contributed by atoms with Crippen LogP contribution in [0.5, 0.6) is 0 Å². The summed E-state index contributed by atoms with van der Waals surface area (Å²) in [5.41, 5.74) is 0.315. The molecule has 7 heteroatoms. The van der Waals surface area contributed by atoms with E-state index < -0.39 is 10.0 Å². The van der Waals surface area contributed by atoms with E-state index in [4.69, 9.17) is 5.11 Å². The van der Waals surface area contributed by atoms with Crippen LogP contribution in [0, 0.1) is 5.92 Å². The van der Waals surface area contributed by atoms with Gasteiger partial charge in [0.05, 0.1) is 12.8 Å². The van der Waals surface area contributed by atoms with Gasteiger partial charge in [-0.05, 0) is 18.8 Å². The molecule has 1 aromatic heterocycles. The molecule has 0 atom stereocenters. The van der Waals surface area contributed by atoms with Gasteiger partial charge in [-0.1, -0.05) is 19.3 Å². The van der Waals surface area contributed by atoms with E-state index in [0.717, 1.165) is 12.8 Å². The fourth-order valence-electron chi connectivity index (χ4n) is 2.62. The third-order valence-corrected chi connectivity index (χ3v) is 5.60. The quantitative estimate of drug-likeness (QED) is 0.849. The van der Waals surface area contributed by atoms with Gasteiger partial charge >= 0.3 is 0 Å². The highest BCUT2D eigenvalue weighted by Crippen LogP contribution is 2.26. The molecule has 1 saturated carbocycles. The Kier molecular flexibility index (Phi) is 4.59. The summed E-state index contributed by atoms with van der Waals surface area (Å²) >= 11 is 0. The predicted molar refractivity (Wildman–Crippen MR) is 70.9 cm³/mol. The maximum atomic E-state index is 12.4. The zero-order chi connectivity index (χ0) is 13.9. The van der Waals surface area contributed by atoms with Crippen LogP contribution in [0.3, 0.4) is 0 Å². The smallest absolute Gasteiger partial charge is 0.260 e. The number of hydrogen-bond donors (Lipinski definition) is 2. The fraction of sp³-hybridized carbons (Fsp3) is 0.750. The Morgan fingerprint density at radius 1 is 1.42 bits per heavy atom. The number of aromatic nitrogens is 2. The van der Waals surface area contributed by atoms with E-state index in [1.807, 2.05) is 0 Å². The van der Waals surface area contributed by atoms with E-state index in [1.165, 1.54) is 29.8 Å². The summed E-state index contributed by atoms with van der Waals surface area (Å²) in [7, 11) is -1.99. The maximum Gasteiger partial charge on any atom is 0.260 e. The lowest BCUT2D eigenvalue weighted by Gasteiger charge is -2.26. The Morgan fingerprint density at radius 3 is 2.74 bits per heavy atom. The number of aromatic amines is 1. The van der Waals surface area contributed by atoms with Crippen molar-refractivity contribution in [1.29, 1.82) is 0 Å². The average Bonchev–Trinajstić information content (AvgIpc) is 2.88. The van der Waals surface area contributed by atoms with Crippen molar-refractivity contribution in [2.24, 2.45) is 5.92 Å². The molecule has 0 unspecified atom stereocenters. The number of H-pyrrole nitrogens is 1. The zero-order valence-electron chi connectivity index (χ0n) is 11.2. The minimum absolute atomic E-state index is 0.00769. The molecule has 19 heavy (non-hydrogen) atoms. The highest BCUT2D eigenvalue weighted by molar-refractivity contribution is 7.89. The van der Waals surface area contributed by atoms with Gasteiger partial charge in [-0.15, -0.1) is 0 Å². The molecule has 2 N–H and O–H groups in total. The average molecular weight is 287 g/mol. The molecule has 0 spiro atoms. The number of nitrogens with one attached hydrogen (secondary N) is 1. The summed E-state index contributed by atoms with van der Waals surface area (Å²) in [6, 6.07) is 0. The molecule has 2 rings (SSSR count). The van der Waals surface area contributed by atoms with Gasteiger partial charge in [0.2, 0.25) is 0 Å². The van der Waals surface area contributed by atoms with Gasteiger partial charge in [-0.25, -0.2) is 8.42 Å². The molecule has 0 aliphatic heterocycles. The summed E-state index contributed by atoms with van der Waals surface area (Å²) in [6.45, 7) is 0.203. The molecule has 6 nitrogen and oxygen atoms in total. The lowest BCUT2D eigenvalue weighted by atomic mass is 9.89. The fourth-order valence-corrected chi connectivity index (χ4v) is 3.96. The Labute approximate surface area is 113 Å². The van der Waals surface area contributed by atoms with Gasteiger partial charge < -0.3 is 5.11 Å². The number of nitrogens with zero attached hydrogens (tertiary/aromatic N) is 2. The molecular weight excluding hydrogens is 266 g/mol. The number of hydrogen-bond acceptors (Lipinski definition) is 4. The second kappa shape index (κ2) is 6.02. The second-order valence-electron chi connectivity index (χ2n) is 5.17. The molecule has 0 aromatic carbocycles. The van der Waals surface area contributed by atoms with Crippen molar-refractivity contribution in [2.75, 3.05) is 13.6 Å². The highest BCUT2D eigenvalue weighted by atomic mass is 32.2. The normalized spacial score (nSPS) is 18.1. The maximum absolute atomic E-state index is 12.4. The summed E-state index contributed by atoms with van der Waals surface area (Å²) < 4.78 is 26.2. The summed E-state index contributed by atoms with van der Waals surface area (Å²) in [4.78, 5) is 0. The second-order valence-corrected chi connectivity index (χ2v) is 7.15. The molecule has 0 bridgehead atoms. The monoisotopic (exact) mass is 287 g/mol. The third-order valence-electron chi connectivity index (χ3n) is 3.76. The zero-order valence-corrected chi connectivity index (χ0v) is 12.0. The van der Waals surface area contributed by atoms with Crippen molar-refractivity contribution < 1.29 is 13.5 Å². The van der Waals surface area contributed by atoms with Gasteiger partial charge in [-0.3, -0.25) is 5.10 Å². The highest BCUT2D eigenvalue weighted by Gasteiger charge is 2.28. The van der Waals surface area contributed by atoms with Crippen LogP contribution in [0.2, 0.25) is 0 Å². The van der Waals surface area contributed by atoms with Crippen LogP contribution in [0.4, 0.5) is 0 Å². The van der Waals surface area contributed by atoms with Gasteiger partial charge in [-0.2, -0.15) is 9.40 Å². The van der Waals surface area contributed by atoms with E-state index in [2.05, 4.69) is 10.2 Å². The van der Waals surface area contributed by atoms with Crippen LogP contribution in [0.25, 0.3) is 0 Å². The van der Waals surface area contributed by atoms with Crippen LogP contribution in [0.15, 0.2) is 11.2 Å². The predicted octanol–water partition coefficient (Wildman–Crippen LogP) is 1.10. The van der Waals surface area contributed by atoms with Crippen LogP contribution < -0.4 is 0 Å². The minimum Gasteiger partial charge on any atom is -0.392 e. The van der Waals surface area contributed by atoms with E-state index in [1.54, 1.807) is 7.05 Å². The van der Waals surface area contributed by atoms with E-state index in [9.17, 15) is 8.42 Å². The topological polar surface area (TPSA) is 86.3 Å². The first-order chi connectivity index (χ1) is 9.05. The van der Waals surface area contributed by atoms with Crippen LogP contribution in [-0.2, 0) is 16.6 Å². The van der Waals surface area contributed by atoms with Gasteiger partial charge in [0.1, 0.15) is 0 Å². The lowest BCUT2D eigenvalue weighted by molar-refractivity contribution is 0.277. The van der Waals surface area contributed by atoms with Crippen LogP contribution >= 0.6 is 0 Å². The molecule has 1 aliphatic carbocycles. The number of aliphatic hydroxyl groups is 1. The van der Waals surface area contributed by atoms with E-state index in [-0.39, 0.29) is 11.6 Å². The first-order valence-electron chi connectivity index (χ1n) is 6.65. The molecule has 0 amide bonds. The first kappa shape index (κ1) is 14.5. The molecular formula is C12H21N3O3S. The molecule has 1 aliphatic rings. The molecule has 0 saturated heterocycles. The summed E-state index contributed by atoms with van der Waals surface area (Å²) in [5.74, 6) is 0.439. The number of rotatable bonds is 5. The lowest BCUT2D eigenvalue weighted by Crippen LogP contribution is -2.33. The molecule has 0 radical (unpaired) electrons. The molecule has 1 aromatic rings. The molecule has 108 valence electrons. The minimum atomic E-state index is -3.58. The number of sulfonamides is 1.